The van der Waals surface area contributed by atoms with Crippen LogP contribution in [0.2, 0.25) is 0 Å². The maximum Gasteiger partial charge on any atom is 0.408 e. The highest BCUT2D eigenvalue weighted by atomic mass is 16.6. The van der Waals surface area contributed by atoms with E-state index in [-0.39, 0.29) is 25.2 Å². The first-order chi connectivity index (χ1) is 25.0. The van der Waals surface area contributed by atoms with Gasteiger partial charge in [-0.2, -0.15) is 0 Å². The Labute approximate surface area is 311 Å². The van der Waals surface area contributed by atoms with Crippen LogP contribution in [0.3, 0.4) is 0 Å². The molecule has 0 radical (unpaired) electrons. The van der Waals surface area contributed by atoms with E-state index in [1.54, 1.807) is 57.2 Å². The Bertz CT molecular complexity index is 1640. The molecule has 3 aromatic rings. The summed E-state index contributed by atoms with van der Waals surface area (Å²) in [6.45, 7) is 10.5. The molecule has 0 aliphatic heterocycles. The number of benzene rings is 3. The van der Waals surface area contributed by atoms with Crippen LogP contribution in [0.5, 0.6) is 5.75 Å². The molecule has 5 atom stereocenters. The molecule has 13 heteroatoms. The van der Waals surface area contributed by atoms with E-state index in [4.69, 9.17) is 15.2 Å². The number of para-hydroxylation sites is 1. The number of nitrogens with one attached hydrogen (secondary N) is 4. The van der Waals surface area contributed by atoms with Crippen LogP contribution in [0.4, 0.5) is 4.79 Å². The smallest absolute Gasteiger partial charge is 0.408 e. The van der Waals surface area contributed by atoms with Gasteiger partial charge in [0.25, 0.3) is 0 Å². The van der Waals surface area contributed by atoms with Crippen LogP contribution in [0, 0.1) is 5.92 Å². The van der Waals surface area contributed by atoms with Gasteiger partial charge < -0.3 is 41.6 Å². The van der Waals surface area contributed by atoms with E-state index in [2.05, 4.69) is 21.3 Å². The number of ether oxygens (including phenoxy) is 2. The number of primary amides is 1. The van der Waals surface area contributed by atoms with Crippen LogP contribution < -0.4 is 31.7 Å². The molecule has 3 aromatic carbocycles. The topological polar surface area (TPSA) is 198 Å². The zero-order chi connectivity index (χ0) is 39.1. The van der Waals surface area contributed by atoms with Crippen LogP contribution in [-0.4, -0.2) is 70.7 Å². The Morgan fingerprint density at radius 1 is 0.660 bits per heavy atom. The summed E-state index contributed by atoms with van der Waals surface area (Å²) in [4.78, 5) is 66.3. The van der Waals surface area contributed by atoms with Gasteiger partial charge in [0.15, 0.2) is 0 Å². The minimum atomic E-state index is -1.42. The number of aliphatic hydroxyl groups excluding tert-OH is 1. The van der Waals surface area contributed by atoms with E-state index in [9.17, 15) is 29.1 Å². The van der Waals surface area contributed by atoms with Crippen molar-refractivity contribution >= 4 is 29.7 Å². The van der Waals surface area contributed by atoms with Gasteiger partial charge >= 0.3 is 6.09 Å². The van der Waals surface area contributed by atoms with Gasteiger partial charge in [-0.1, -0.05) is 86.6 Å². The molecule has 286 valence electrons. The molecule has 0 saturated heterocycles. The predicted octanol–water partition coefficient (Wildman–Crippen LogP) is 3.31. The zero-order valence-electron chi connectivity index (χ0n) is 31.3. The van der Waals surface area contributed by atoms with Crippen molar-refractivity contribution in [3.8, 4) is 5.75 Å². The molecule has 13 nitrogen and oxygen atoms in total. The molecule has 7 N–H and O–H groups in total. The number of amides is 5. The molecule has 0 bridgehead atoms. The molecular weight excluding hydrogens is 678 g/mol. The maximum atomic E-state index is 14.1. The lowest BCUT2D eigenvalue weighted by Gasteiger charge is -2.28. The number of alkyl carbamates (subject to hydrolysis) is 1. The van der Waals surface area contributed by atoms with Crippen molar-refractivity contribution < 1.29 is 38.6 Å². The number of hydrogen-bond donors (Lipinski definition) is 6. The summed E-state index contributed by atoms with van der Waals surface area (Å²) in [5.41, 5.74) is 6.91. The zero-order valence-corrected chi connectivity index (χ0v) is 31.3. The van der Waals surface area contributed by atoms with E-state index in [0.29, 0.717) is 17.9 Å². The van der Waals surface area contributed by atoms with Crippen molar-refractivity contribution in [2.24, 2.45) is 11.7 Å². The van der Waals surface area contributed by atoms with Gasteiger partial charge in [0.1, 0.15) is 42.1 Å². The van der Waals surface area contributed by atoms with Crippen LogP contribution in [-0.2, 0) is 43.4 Å². The third-order valence-electron chi connectivity index (χ3n) is 7.96. The molecule has 0 heterocycles. The number of aliphatic hydroxyl groups is 1. The fraction of sp³-hybridized carbons (Fsp3) is 0.425. The van der Waals surface area contributed by atoms with Gasteiger partial charge in [-0.05, 0) is 68.9 Å². The Balaban J connectivity index is 1.88. The second-order valence-corrected chi connectivity index (χ2v) is 14.4. The van der Waals surface area contributed by atoms with Crippen molar-refractivity contribution in [3.05, 3.63) is 102 Å². The molecule has 0 aliphatic carbocycles. The van der Waals surface area contributed by atoms with Gasteiger partial charge in [-0.15, -0.1) is 0 Å². The molecular formula is C40H53N5O8. The van der Waals surface area contributed by atoms with Crippen LogP contribution in [0.25, 0.3) is 0 Å². The fourth-order valence-electron chi connectivity index (χ4n) is 5.34. The second-order valence-electron chi connectivity index (χ2n) is 14.4. The van der Waals surface area contributed by atoms with Gasteiger partial charge in [0.2, 0.25) is 23.6 Å². The molecule has 0 aliphatic rings. The summed E-state index contributed by atoms with van der Waals surface area (Å²) >= 11 is 0. The minimum Gasteiger partial charge on any atom is -0.489 e. The van der Waals surface area contributed by atoms with Gasteiger partial charge in [-0.3, -0.25) is 19.2 Å². The second kappa shape index (κ2) is 20.0. The van der Waals surface area contributed by atoms with Crippen molar-refractivity contribution in [3.63, 3.8) is 0 Å². The third-order valence-corrected chi connectivity index (χ3v) is 7.96. The largest absolute Gasteiger partial charge is 0.489 e. The number of rotatable bonds is 18. The summed E-state index contributed by atoms with van der Waals surface area (Å²) in [6, 6.07) is 20.7. The Morgan fingerprint density at radius 2 is 1.13 bits per heavy atom. The average Bonchev–Trinajstić information content (AvgIpc) is 3.08. The van der Waals surface area contributed by atoms with Gasteiger partial charge in [0, 0.05) is 12.8 Å². The van der Waals surface area contributed by atoms with Gasteiger partial charge in [-0.25, -0.2) is 4.79 Å². The summed E-state index contributed by atoms with van der Waals surface area (Å²) < 4.78 is 11.2. The normalized spacial score (nSPS) is 14.1. The standard InChI is InChI=1S/C40H53N5O8/c1-25(2)21-31(44-39(51)53-40(4,5)6)36(48)42-32(22-27-13-9-7-10-14-27)37(49)43-33(38(50)45-34(26(3)46)35(41)47)23-28-17-19-29(20-18-28)24-52-30-15-11-8-12-16-30/h7-20,25-26,31-34,46H,21-24H2,1-6H3,(H2,41,47)(H,42,48)(H,43,49)(H,44,51)(H,45,50)/t26-,31-,32+,33+,34+/m0/s1. The summed E-state index contributed by atoms with van der Waals surface area (Å²) in [5, 5.41) is 20.7. The van der Waals surface area contributed by atoms with E-state index in [1.165, 1.54) is 6.92 Å². The highest BCUT2D eigenvalue weighted by Gasteiger charge is 2.33. The quantitative estimate of drug-likeness (QED) is 0.115. The molecule has 0 unspecified atom stereocenters. The third kappa shape index (κ3) is 15.0. The number of nitrogens with two attached hydrogens (primary N) is 1. The lowest BCUT2D eigenvalue weighted by Crippen LogP contribution is -2.60. The van der Waals surface area contributed by atoms with Crippen molar-refractivity contribution in [1.82, 2.24) is 21.3 Å². The monoisotopic (exact) mass is 731 g/mol. The molecule has 5 amide bonds. The molecule has 0 spiro atoms. The Kier molecular flexibility index (Phi) is 15.8. The van der Waals surface area contributed by atoms with Crippen LogP contribution >= 0.6 is 0 Å². The Morgan fingerprint density at radius 3 is 1.62 bits per heavy atom. The molecule has 3 rings (SSSR count). The SMILES string of the molecule is CC(C)C[C@H](NC(=O)OC(C)(C)C)C(=O)N[C@H](Cc1ccccc1)C(=O)N[C@H](Cc1ccc(COc2ccccc2)cc1)C(=O)N[C@@H](C(N)=O)[C@H](C)O. The molecule has 0 saturated carbocycles. The van der Waals surface area contributed by atoms with Gasteiger partial charge in [0.05, 0.1) is 6.10 Å². The summed E-state index contributed by atoms with van der Waals surface area (Å²) in [7, 11) is 0. The summed E-state index contributed by atoms with van der Waals surface area (Å²) in [5.74, 6) is -2.32. The fourth-order valence-corrected chi connectivity index (χ4v) is 5.34. The highest BCUT2D eigenvalue weighted by Crippen LogP contribution is 2.15. The van der Waals surface area contributed by atoms with E-state index in [1.807, 2.05) is 62.4 Å². The first kappa shape index (κ1) is 42.0. The van der Waals surface area contributed by atoms with Crippen molar-refractivity contribution in [1.29, 1.82) is 0 Å². The number of hydrogen-bond acceptors (Lipinski definition) is 8. The van der Waals surface area contributed by atoms with Crippen LogP contribution in [0.15, 0.2) is 84.9 Å². The Hall–Kier alpha value is -5.43. The highest BCUT2D eigenvalue weighted by molar-refractivity contribution is 5.95. The number of carbonyl (C=O) groups is 5. The molecule has 0 fully saturated rings. The number of carbonyl (C=O) groups excluding carboxylic acids is 5. The first-order valence-electron chi connectivity index (χ1n) is 17.7. The predicted molar refractivity (Wildman–Crippen MR) is 200 cm³/mol. The van der Waals surface area contributed by atoms with E-state index >= 15 is 0 Å². The van der Waals surface area contributed by atoms with Crippen molar-refractivity contribution in [2.45, 2.75) is 103 Å². The van der Waals surface area contributed by atoms with Crippen LogP contribution in [0.1, 0.15) is 64.7 Å². The molecule has 0 aromatic heterocycles. The lowest BCUT2D eigenvalue weighted by atomic mass is 10.00. The first-order valence-corrected chi connectivity index (χ1v) is 17.7. The average molecular weight is 732 g/mol. The maximum absolute atomic E-state index is 14.1. The summed E-state index contributed by atoms with van der Waals surface area (Å²) in [6.07, 6.45) is -1.78. The lowest BCUT2D eigenvalue weighted by molar-refractivity contribution is -0.134. The molecule has 53 heavy (non-hydrogen) atoms. The van der Waals surface area contributed by atoms with E-state index < -0.39 is 65.6 Å². The van der Waals surface area contributed by atoms with Crippen molar-refractivity contribution in [2.75, 3.05) is 0 Å². The van der Waals surface area contributed by atoms with E-state index in [0.717, 1.165) is 11.1 Å². The minimum absolute atomic E-state index is 0.00132.